The average molecular weight is 402 g/mol. The molecule has 1 heterocycles. The van der Waals surface area contributed by atoms with E-state index in [1.165, 1.54) is 24.3 Å². The van der Waals surface area contributed by atoms with Gasteiger partial charge in [0.25, 0.3) is 5.91 Å². The van der Waals surface area contributed by atoms with Gasteiger partial charge in [0.05, 0.1) is 11.0 Å². The summed E-state index contributed by atoms with van der Waals surface area (Å²) in [6.45, 7) is 4.60. The van der Waals surface area contributed by atoms with Crippen LogP contribution in [-0.4, -0.2) is 46.6 Å². The Labute approximate surface area is 168 Å². The van der Waals surface area contributed by atoms with Crippen molar-refractivity contribution in [3.05, 3.63) is 54.1 Å². The summed E-state index contributed by atoms with van der Waals surface area (Å²) in [7, 11) is 0. The zero-order valence-corrected chi connectivity index (χ0v) is 16.4. The zero-order chi connectivity index (χ0) is 20.8. The summed E-state index contributed by atoms with van der Waals surface area (Å²) in [6.07, 6.45) is 0. The molecule has 0 saturated carbocycles. The fourth-order valence-electron chi connectivity index (χ4n) is 3.17. The van der Waals surface area contributed by atoms with Crippen molar-refractivity contribution in [1.82, 2.24) is 14.5 Å². The summed E-state index contributed by atoms with van der Waals surface area (Å²) < 4.78 is 31.2. The van der Waals surface area contributed by atoms with Crippen molar-refractivity contribution in [2.75, 3.05) is 25.0 Å². The number of hydrogen-bond donors (Lipinski definition) is 1. The number of fused-ring (bicyclic) bond motifs is 1. The molecule has 0 radical (unpaired) electrons. The molecule has 154 valence electrons. The van der Waals surface area contributed by atoms with Crippen LogP contribution in [0.25, 0.3) is 11.0 Å². The van der Waals surface area contributed by atoms with Gasteiger partial charge in [-0.3, -0.25) is 10.1 Å². The Morgan fingerprint density at radius 1 is 1.17 bits per heavy atom. The summed E-state index contributed by atoms with van der Waals surface area (Å²) in [4.78, 5) is 19.5. The van der Waals surface area contributed by atoms with Gasteiger partial charge in [0.2, 0.25) is 5.95 Å². The normalized spacial score (nSPS) is 11.4. The van der Waals surface area contributed by atoms with Gasteiger partial charge in [-0.1, -0.05) is 32.0 Å². The molecule has 1 aromatic heterocycles. The molecule has 0 atom stereocenters. The Morgan fingerprint density at radius 3 is 2.66 bits per heavy atom. The molecular formula is C21H24F2N4O2. The van der Waals surface area contributed by atoms with Crippen LogP contribution in [0.1, 0.15) is 24.2 Å². The fraction of sp³-hybridized carbons (Fsp3) is 0.333. The fourth-order valence-corrected chi connectivity index (χ4v) is 3.17. The van der Waals surface area contributed by atoms with E-state index < -0.39 is 12.5 Å². The lowest BCUT2D eigenvalue weighted by atomic mass is 10.2. The quantitative estimate of drug-likeness (QED) is 0.582. The predicted octanol–water partition coefficient (Wildman–Crippen LogP) is 4.23. The minimum atomic E-state index is -2.95. The molecule has 1 N–H and O–H groups in total. The van der Waals surface area contributed by atoms with Gasteiger partial charge >= 0.3 is 6.61 Å². The van der Waals surface area contributed by atoms with Gasteiger partial charge < -0.3 is 14.2 Å². The summed E-state index contributed by atoms with van der Waals surface area (Å²) in [5.41, 5.74) is 1.91. The van der Waals surface area contributed by atoms with Crippen LogP contribution in [-0.2, 0) is 6.54 Å². The van der Waals surface area contributed by atoms with Crippen LogP contribution in [0.15, 0.2) is 48.5 Å². The third kappa shape index (κ3) is 5.08. The molecule has 0 bridgehead atoms. The van der Waals surface area contributed by atoms with Crippen molar-refractivity contribution in [2.45, 2.75) is 27.0 Å². The number of likely N-dealkylation sites (N-methyl/N-ethyl adjacent to an activating group) is 1. The first kappa shape index (κ1) is 20.7. The van der Waals surface area contributed by atoms with Gasteiger partial charge in [0, 0.05) is 18.7 Å². The Morgan fingerprint density at radius 2 is 1.93 bits per heavy atom. The van der Waals surface area contributed by atoms with E-state index in [0.717, 1.165) is 30.7 Å². The van der Waals surface area contributed by atoms with Crippen LogP contribution in [0, 0.1) is 0 Å². The molecule has 0 saturated heterocycles. The molecule has 6 nitrogen and oxygen atoms in total. The molecule has 0 fully saturated rings. The standard InChI is InChI=1S/C21H24F2N4O2/c1-3-26(4-2)12-13-27-18-11-6-5-10-17(18)24-21(27)25-19(28)15-8-7-9-16(14-15)29-20(22)23/h5-11,14,20H,3-4,12-13H2,1-2H3,(H,24,25,28). The second-order valence-corrected chi connectivity index (χ2v) is 6.46. The van der Waals surface area contributed by atoms with Crippen molar-refractivity contribution in [3.8, 4) is 5.75 Å². The van der Waals surface area contributed by atoms with Crippen LogP contribution >= 0.6 is 0 Å². The van der Waals surface area contributed by atoms with Gasteiger partial charge in [-0.25, -0.2) is 4.98 Å². The molecule has 0 spiro atoms. The van der Waals surface area contributed by atoms with Gasteiger partial charge in [-0.05, 0) is 43.4 Å². The van der Waals surface area contributed by atoms with E-state index in [1.54, 1.807) is 0 Å². The number of anilines is 1. The van der Waals surface area contributed by atoms with E-state index in [2.05, 4.69) is 33.8 Å². The van der Waals surface area contributed by atoms with Crippen molar-refractivity contribution in [1.29, 1.82) is 0 Å². The van der Waals surface area contributed by atoms with E-state index in [-0.39, 0.29) is 11.3 Å². The number of para-hydroxylation sites is 2. The summed E-state index contributed by atoms with van der Waals surface area (Å²) in [5.74, 6) is -0.0877. The molecule has 29 heavy (non-hydrogen) atoms. The van der Waals surface area contributed by atoms with E-state index in [4.69, 9.17) is 0 Å². The minimum absolute atomic E-state index is 0.0670. The van der Waals surface area contributed by atoms with Crippen LogP contribution in [0.3, 0.4) is 0 Å². The highest BCUT2D eigenvalue weighted by atomic mass is 19.3. The van der Waals surface area contributed by atoms with Crippen LogP contribution < -0.4 is 10.1 Å². The molecular weight excluding hydrogens is 378 g/mol. The number of amides is 1. The topological polar surface area (TPSA) is 59.4 Å². The number of carbonyl (C=O) groups is 1. The monoisotopic (exact) mass is 402 g/mol. The van der Waals surface area contributed by atoms with Crippen molar-refractivity contribution >= 4 is 22.9 Å². The van der Waals surface area contributed by atoms with Crippen molar-refractivity contribution in [2.24, 2.45) is 0 Å². The summed E-state index contributed by atoms with van der Waals surface area (Å²) in [6, 6.07) is 13.3. The number of nitrogens with one attached hydrogen (secondary N) is 1. The molecule has 3 rings (SSSR count). The Balaban J connectivity index is 1.85. The third-order valence-corrected chi connectivity index (χ3v) is 4.74. The second-order valence-electron chi connectivity index (χ2n) is 6.46. The molecule has 3 aromatic rings. The number of rotatable bonds is 9. The van der Waals surface area contributed by atoms with Crippen LogP contribution in [0.4, 0.5) is 14.7 Å². The number of benzene rings is 2. The number of hydrogen-bond acceptors (Lipinski definition) is 4. The SMILES string of the molecule is CCN(CC)CCn1c(NC(=O)c2cccc(OC(F)F)c2)nc2ccccc21. The Hall–Kier alpha value is -3.00. The smallest absolute Gasteiger partial charge is 0.387 e. The molecule has 0 aliphatic carbocycles. The molecule has 0 aliphatic rings. The maximum atomic E-state index is 12.7. The van der Waals surface area contributed by atoms with Gasteiger partial charge in [-0.15, -0.1) is 0 Å². The number of halogens is 2. The second kappa shape index (κ2) is 9.47. The van der Waals surface area contributed by atoms with Crippen molar-refractivity contribution < 1.29 is 18.3 Å². The van der Waals surface area contributed by atoms with Crippen LogP contribution in [0.2, 0.25) is 0 Å². The first-order valence-electron chi connectivity index (χ1n) is 9.55. The average Bonchev–Trinajstić information content (AvgIpc) is 3.05. The zero-order valence-electron chi connectivity index (χ0n) is 16.4. The highest BCUT2D eigenvalue weighted by Gasteiger charge is 2.16. The lowest BCUT2D eigenvalue weighted by molar-refractivity contribution is -0.0498. The van der Waals surface area contributed by atoms with Gasteiger partial charge in [-0.2, -0.15) is 8.78 Å². The Bertz CT molecular complexity index is 970. The van der Waals surface area contributed by atoms with E-state index in [1.807, 2.05) is 28.8 Å². The molecule has 0 unspecified atom stereocenters. The largest absolute Gasteiger partial charge is 0.435 e. The first-order chi connectivity index (χ1) is 14.0. The highest BCUT2D eigenvalue weighted by Crippen LogP contribution is 2.21. The Kier molecular flexibility index (Phi) is 6.77. The lowest BCUT2D eigenvalue weighted by Crippen LogP contribution is -2.27. The molecule has 1 amide bonds. The predicted molar refractivity (Wildman–Crippen MR) is 109 cm³/mol. The number of carbonyl (C=O) groups excluding carboxylic acids is 1. The number of alkyl halides is 2. The number of imidazole rings is 1. The number of nitrogens with zero attached hydrogens (tertiary/aromatic N) is 3. The number of ether oxygens (including phenoxy) is 1. The van der Waals surface area contributed by atoms with E-state index in [9.17, 15) is 13.6 Å². The maximum absolute atomic E-state index is 12.7. The third-order valence-electron chi connectivity index (χ3n) is 4.74. The molecule has 8 heteroatoms. The summed E-state index contributed by atoms with van der Waals surface area (Å²) >= 11 is 0. The lowest BCUT2D eigenvalue weighted by Gasteiger charge is -2.19. The first-order valence-corrected chi connectivity index (χ1v) is 9.55. The van der Waals surface area contributed by atoms with Crippen molar-refractivity contribution in [3.63, 3.8) is 0 Å². The highest BCUT2D eigenvalue weighted by molar-refractivity contribution is 6.04. The summed E-state index contributed by atoms with van der Waals surface area (Å²) in [5, 5.41) is 2.81. The van der Waals surface area contributed by atoms with Crippen LogP contribution in [0.5, 0.6) is 5.75 Å². The minimum Gasteiger partial charge on any atom is -0.435 e. The van der Waals surface area contributed by atoms with E-state index >= 15 is 0 Å². The van der Waals surface area contributed by atoms with Gasteiger partial charge in [0.1, 0.15) is 5.75 Å². The molecule has 2 aromatic carbocycles. The molecule has 0 aliphatic heterocycles. The maximum Gasteiger partial charge on any atom is 0.387 e. The number of aromatic nitrogens is 2. The van der Waals surface area contributed by atoms with E-state index in [0.29, 0.717) is 12.5 Å². The van der Waals surface area contributed by atoms with Gasteiger partial charge in [0.15, 0.2) is 0 Å².